The van der Waals surface area contributed by atoms with Crippen LogP contribution in [0.3, 0.4) is 0 Å². The molecule has 0 bridgehead atoms. The zero-order valence-corrected chi connectivity index (χ0v) is 13.1. The van der Waals surface area contributed by atoms with E-state index < -0.39 is 6.10 Å². The largest absolute Gasteiger partial charge is 0.497 e. The first-order valence-electron chi connectivity index (χ1n) is 8.21. The summed E-state index contributed by atoms with van der Waals surface area (Å²) in [4.78, 5) is 0. The summed E-state index contributed by atoms with van der Waals surface area (Å²) in [7, 11) is 1.66. The highest BCUT2D eigenvalue weighted by atomic mass is 16.5. The molecule has 3 heteroatoms. The molecule has 1 aromatic rings. The second-order valence-electron chi connectivity index (χ2n) is 6.61. The molecule has 0 radical (unpaired) electrons. The van der Waals surface area contributed by atoms with E-state index in [0.717, 1.165) is 42.2 Å². The van der Waals surface area contributed by atoms with Gasteiger partial charge in [0.05, 0.1) is 13.2 Å². The van der Waals surface area contributed by atoms with Crippen LogP contribution in [0.1, 0.15) is 63.5 Å². The Hall–Kier alpha value is -1.22. The Morgan fingerprint density at radius 3 is 2.95 bits per heavy atom. The van der Waals surface area contributed by atoms with Gasteiger partial charge in [0, 0.05) is 18.1 Å². The predicted octanol–water partition coefficient (Wildman–Crippen LogP) is 4.24. The molecule has 1 spiro atoms. The maximum atomic E-state index is 10.5. The lowest BCUT2D eigenvalue weighted by atomic mass is 9.83. The van der Waals surface area contributed by atoms with E-state index in [2.05, 4.69) is 6.92 Å². The van der Waals surface area contributed by atoms with Gasteiger partial charge in [0.1, 0.15) is 17.1 Å². The number of hydrogen-bond donors (Lipinski definition) is 1. The fourth-order valence-corrected chi connectivity index (χ4v) is 3.91. The molecule has 1 aromatic carbocycles. The molecule has 0 aromatic heterocycles. The molecule has 2 aliphatic rings. The molecule has 1 aliphatic heterocycles. The maximum absolute atomic E-state index is 10.5. The fraction of sp³-hybridized carbons (Fsp3) is 0.667. The van der Waals surface area contributed by atoms with Gasteiger partial charge in [-0.3, -0.25) is 0 Å². The Morgan fingerprint density at radius 1 is 1.33 bits per heavy atom. The normalized spacial score (nSPS) is 32.1. The summed E-state index contributed by atoms with van der Waals surface area (Å²) in [5.74, 6) is 2.41. The monoisotopic (exact) mass is 290 g/mol. The van der Waals surface area contributed by atoms with Crippen molar-refractivity contribution in [1.29, 1.82) is 0 Å². The van der Waals surface area contributed by atoms with Crippen molar-refractivity contribution in [3.05, 3.63) is 23.8 Å². The molecule has 21 heavy (non-hydrogen) atoms. The van der Waals surface area contributed by atoms with Gasteiger partial charge < -0.3 is 14.6 Å². The van der Waals surface area contributed by atoms with Crippen molar-refractivity contribution in [3.63, 3.8) is 0 Å². The number of benzene rings is 1. The number of rotatable bonds is 2. The van der Waals surface area contributed by atoms with E-state index in [-0.39, 0.29) is 5.60 Å². The standard InChI is InChI=1S/C18H26O3/c1-3-13-5-4-9-18(10-8-13)12-16(19)15-7-6-14(20-2)11-17(15)21-18/h6-7,11,13,16,19H,3-5,8-10,12H2,1-2H3/t13?,16-,18?/m1/s1. The minimum atomic E-state index is -0.419. The van der Waals surface area contributed by atoms with Gasteiger partial charge in [-0.15, -0.1) is 0 Å². The second-order valence-corrected chi connectivity index (χ2v) is 6.61. The molecule has 1 aliphatic carbocycles. The summed E-state index contributed by atoms with van der Waals surface area (Å²) in [6.45, 7) is 2.28. The van der Waals surface area contributed by atoms with E-state index in [1.54, 1.807) is 7.11 Å². The zero-order chi connectivity index (χ0) is 14.9. The molecular weight excluding hydrogens is 264 g/mol. The molecular formula is C18H26O3. The third-order valence-electron chi connectivity index (χ3n) is 5.30. The highest BCUT2D eigenvalue weighted by molar-refractivity contribution is 5.44. The van der Waals surface area contributed by atoms with Gasteiger partial charge >= 0.3 is 0 Å². The van der Waals surface area contributed by atoms with E-state index in [1.165, 1.54) is 25.7 Å². The quantitative estimate of drug-likeness (QED) is 0.885. The third-order valence-corrected chi connectivity index (χ3v) is 5.30. The summed E-state index contributed by atoms with van der Waals surface area (Å²) in [5.41, 5.74) is 0.723. The van der Waals surface area contributed by atoms with Crippen LogP contribution >= 0.6 is 0 Å². The van der Waals surface area contributed by atoms with Gasteiger partial charge in [0.25, 0.3) is 0 Å². The molecule has 3 nitrogen and oxygen atoms in total. The molecule has 1 heterocycles. The number of aliphatic hydroxyl groups excluding tert-OH is 1. The van der Waals surface area contributed by atoms with Gasteiger partial charge in [0.2, 0.25) is 0 Å². The van der Waals surface area contributed by atoms with Crippen molar-refractivity contribution in [1.82, 2.24) is 0 Å². The molecule has 1 saturated carbocycles. The van der Waals surface area contributed by atoms with Crippen LogP contribution < -0.4 is 9.47 Å². The van der Waals surface area contributed by atoms with Crippen LogP contribution in [-0.2, 0) is 0 Å². The van der Waals surface area contributed by atoms with Crippen LogP contribution in [0, 0.1) is 5.92 Å². The van der Waals surface area contributed by atoms with Crippen LogP contribution in [0.5, 0.6) is 11.5 Å². The zero-order valence-electron chi connectivity index (χ0n) is 13.1. The van der Waals surface area contributed by atoms with E-state index in [1.807, 2.05) is 18.2 Å². The highest BCUT2D eigenvalue weighted by Gasteiger charge is 2.41. The van der Waals surface area contributed by atoms with Crippen LogP contribution in [0.15, 0.2) is 18.2 Å². The first kappa shape index (κ1) is 14.7. The smallest absolute Gasteiger partial charge is 0.129 e. The second kappa shape index (κ2) is 5.88. The van der Waals surface area contributed by atoms with Crippen molar-refractivity contribution >= 4 is 0 Å². The van der Waals surface area contributed by atoms with Crippen molar-refractivity contribution < 1.29 is 14.6 Å². The molecule has 0 saturated heterocycles. The fourth-order valence-electron chi connectivity index (χ4n) is 3.91. The summed E-state index contributed by atoms with van der Waals surface area (Å²) < 4.78 is 11.7. The first-order chi connectivity index (χ1) is 10.2. The van der Waals surface area contributed by atoms with Gasteiger partial charge in [-0.05, 0) is 43.7 Å². The third kappa shape index (κ3) is 2.89. The van der Waals surface area contributed by atoms with Crippen LogP contribution in [0.25, 0.3) is 0 Å². The Balaban J connectivity index is 1.86. The van der Waals surface area contributed by atoms with Crippen molar-refractivity contribution in [2.75, 3.05) is 7.11 Å². The molecule has 116 valence electrons. The van der Waals surface area contributed by atoms with Crippen LogP contribution in [-0.4, -0.2) is 17.8 Å². The summed E-state index contributed by atoms with van der Waals surface area (Å²) in [5, 5.41) is 10.5. The van der Waals surface area contributed by atoms with Gasteiger partial charge in [-0.25, -0.2) is 0 Å². The van der Waals surface area contributed by atoms with E-state index in [9.17, 15) is 5.11 Å². The predicted molar refractivity (Wildman–Crippen MR) is 82.8 cm³/mol. The van der Waals surface area contributed by atoms with Crippen molar-refractivity contribution in [2.24, 2.45) is 5.92 Å². The Morgan fingerprint density at radius 2 is 2.19 bits per heavy atom. The topological polar surface area (TPSA) is 38.7 Å². The molecule has 3 atom stereocenters. The summed E-state index contributed by atoms with van der Waals surface area (Å²) >= 11 is 0. The van der Waals surface area contributed by atoms with Gasteiger partial charge in [-0.1, -0.05) is 19.8 Å². The highest BCUT2D eigenvalue weighted by Crippen LogP contribution is 2.47. The van der Waals surface area contributed by atoms with E-state index in [0.29, 0.717) is 0 Å². The first-order valence-corrected chi connectivity index (χ1v) is 8.21. The number of aliphatic hydroxyl groups is 1. The molecule has 3 rings (SSSR count). The number of methoxy groups -OCH3 is 1. The minimum absolute atomic E-state index is 0.178. The summed E-state index contributed by atoms with van der Waals surface area (Å²) in [6, 6.07) is 5.74. The average molecular weight is 290 g/mol. The molecule has 1 N–H and O–H groups in total. The van der Waals surface area contributed by atoms with Crippen LogP contribution in [0.2, 0.25) is 0 Å². The maximum Gasteiger partial charge on any atom is 0.129 e. The number of ether oxygens (including phenoxy) is 2. The molecule has 2 unspecified atom stereocenters. The number of fused-ring (bicyclic) bond motifs is 1. The Kier molecular flexibility index (Phi) is 4.12. The molecule has 0 amide bonds. The molecule has 1 fully saturated rings. The number of hydrogen-bond acceptors (Lipinski definition) is 3. The average Bonchev–Trinajstić information content (AvgIpc) is 2.69. The SMILES string of the molecule is CCC1CCCC2(CC1)C[C@@H](O)c1ccc(OC)cc1O2. The lowest BCUT2D eigenvalue weighted by Gasteiger charge is -2.40. The van der Waals surface area contributed by atoms with E-state index in [4.69, 9.17) is 9.47 Å². The van der Waals surface area contributed by atoms with Crippen molar-refractivity contribution in [2.45, 2.75) is 63.6 Å². The van der Waals surface area contributed by atoms with Gasteiger partial charge in [0.15, 0.2) is 0 Å². The summed E-state index contributed by atoms with van der Waals surface area (Å²) in [6.07, 6.45) is 7.37. The minimum Gasteiger partial charge on any atom is -0.497 e. The van der Waals surface area contributed by atoms with Crippen LogP contribution in [0.4, 0.5) is 0 Å². The van der Waals surface area contributed by atoms with Crippen molar-refractivity contribution in [3.8, 4) is 11.5 Å². The Bertz CT molecular complexity index is 499. The lowest BCUT2D eigenvalue weighted by Crippen LogP contribution is -2.40. The Labute approximate surface area is 127 Å². The van der Waals surface area contributed by atoms with Gasteiger partial charge in [-0.2, -0.15) is 0 Å². The van der Waals surface area contributed by atoms with E-state index >= 15 is 0 Å². The lowest BCUT2D eigenvalue weighted by molar-refractivity contribution is -0.0252.